The average molecular weight is 352 g/mol. The fourth-order valence-electron chi connectivity index (χ4n) is 2.60. The molecule has 1 aliphatic heterocycles. The summed E-state index contributed by atoms with van der Waals surface area (Å²) in [6, 6.07) is 4.27. The van der Waals surface area contributed by atoms with Crippen molar-refractivity contribution in [3.63, 3.8) is 0 Å². The molecule has 8 nitrogen and oxygen atoms in total. The molecule has 0 atom stereocenters. The first kappa shape index (κ1) is 18.8. The summed E-state index contributed by atoms with van der Waals surface area (Å²) in [6.45, 7) is 3.62. The molecular weight excluding hydrogens is 328 g/mol. The number of hydrogen-bond acceptors (Lipinski definition) is 6. The number of nitrogens with zero attached hydrogens (tertiary/aromatic N) is 2. The molecule has 1 heterocycles. The highest BCUT2D eigenvalue weighted by molar-refractivity contribution is 5.67. The zero-order valence-electron chi connectivity index (χ0n) is 14.6. The third-order valence-corrected chi connectivity index (χ3v) is 4.08. The first-order valence-electron chi connectivity index (χ1n) is 8.46. The fraction of sp³-hybridized carbons (Fsp3) is 0.588. The van der Waals surface area contributed by atoms with Crippen LogP contribution in [0.15, 0.2) is 18.2 Å². The van der Waals surface area contributed by atoms with Crippen LogP contribution in [0.1, 0.15) is 32.6 Å². The van der Waals surface area contributed by atoms with Gasteiger partial charge >= 0.3 is 6.09 Å². The third kappa shape index (κ3) is 5.23. The molecule has 1 aromatic rings. The number of nitro benzene ring substituents is 1. The summed E-state index contributed by atoms with van der Waals surface area (Å²) in [7, 11) is 1.45. The van der Waals surface area contributed by atoms with E-state index in [1.165, 1.54) is 19.2 Å². The minimum absolute atomic E-state index is 0.0474. The van der Waals surface area contributed by atoms with Crippen LogP contribution in [0.3, 0.4) is 0 Å². The summed E-state index contributed by atoms with van der Waals surface area (Å²) >= 11 is 0. The number of amides is 1. The number of likely N-dealkylation sites (tertiary alicyclic amines) is 1. The smallest absolute Gasteiger partial charge is 0.409 e. The average Bonchev–Trinajstić information content (AvgIpc) is 2.62. The van der Waals surface area contributed by atoms with Crippen LogP contribution in [0.5, 0.6) is 11.5 Å². The van der Waals surface area contributed by atoms with Crippen molar-refractivity contribution in [2.45, 2.75) is 38.7 Å². The Morgan fingerprint density at radius 3 is 2.64 bits per heavy atom. The molecule has 0 radical (unpaired) electrons. The molecule has 0 aromatic heterocycles. The molecule has 1 amide bonds. The van der Waals surface area contributed by atoms with Gasteiger partial charge in [0.2, 0.25) is 0 Å². The van der Waals surface area contributed by atoms with Crippen LogP contribution in [0.2, 0.25) is 0 Å². The number of carbonyl (C=O) groups excluding carboxylic acids is 1. The van der Waals surface area contributed by atoms with Crippen molar-refractivity contribution in [3.8, 4) is 11.5 Å². The number of unbranched alkanes of at least 4 members (excludes halogenated alkanes) is 1. The van der Waals surface area contributed by atoms with E-state index in [9.17, 15) is 14.9 Å². The van der Waals surface area contributed by atoms with Gasteiger partial charge in [-0.2, -0.15) is 0 Å². The zero-order valence-corrected chi connectivity index (χ0v) is 14.6. The van der Waals surface area contributed by atoms with Crippen LogP contribution in [0, 0.1) is 10.1 Å². The van der Waals surface area contributed by atoms with Gasteiger partial charge in [0.25, 0.3) is 5.69 Å². The van der Waals surface area contributed by atoms with E-state index in [1.54, 1.807) is 11.0 Å². The zero-order chi connectivity index (χ0) is 18.2. The molecule has 1 aromatic carbocycles. The first-order valence-corrected chi connectivity index (χ1v) is 8.46. The van der Waals surface area contributed by atoms with E-state index in [4.69, 9.17) is 14.2 Å². The Balaban J connectivity index is 1.87. The second-order valence-electron chi connectivity index (χ2n) is 5.86. The molecule has 0 N–H and O–H groups in total. The van der Waals surface area contributed by atoms with Crippen LogP contribution >= 0.6 is 0 Å². The predicted octanol–water partition coefficient (Wildman–Crippen LogP) is 3.38. The molecule has 1 fully saturated rings. The second-order valence-corrected chi connectivity index (χ2v) is 5.86. The molecular formula is C17H24N2O6. The monoisotopic (exact) mass is 352 g/mol. The summed E-state index contributed by atoms with van der Waals surface area (Å²) in [6.07, 6.45) is 2.84. The Morgan fingerprint density at radius 2 is 2.04 bits per heavy atom. The van der Waals surface area contributed by atoms with Gasteiger partial charge in [-0.3, -0.25) is 10.1 Å². The Labute approximate surface area is 146 Å². The minimum atomic E-state index is -0.477. The van der Waals surface area contributed by atoms with Crippen molar-refractivity contribution >= 4 is 11.8 Å². The van der Waals surface area contributed by atoms with Crippen LogP contribution in [-0.2, 0) is 4.74 Å². The molecule has 8 heteroatoms. The standard InChI is InChI=1S/C17H24N2O6/c1-3-4-11-24-17(20)18-9-7-14(8-10-18)25-15-6-5-13(19(21)22)12-16(15)23-2/h5-6,12,14H,3-4,7-11H2,1-2H3. The minimum Gasteiger partial charge on any atom is -0.493 e. The van der Waals surface area contributed by atoms with Gasteiger partial charge in [-0.05, 0) is 12.5 Å². The molecule has 1 saturated heterocycles. The van der Waals surface area contributed by atoms with Crippen molar-refractivity contribution in [3.05, 3.63) is 28.3 Å². The van der Waals surface area contributed by atoms with Crippen molar-refractivity contribution in [2.24, 2.45) is 0 Å². The molecule has 0 saturated carbocycles. The number of piperidine rings is 1. The lowest BCUT2D eigenvalue weighted by Gasteiger charge is -2.31. The van der Waals surface area contributed by atoms with Gasteiger partial charge in [-0.25, -0.2) is 4.79 Å². The summed E-state index contributed by atoms with van der Waals surface area (Å²) in [5, 5.41) is 10.8. The lowest BCUT2D eigenvalue weighted by molar-refractivity contribution is -0.385. The summed E-state index contributed by atoms with van der Waals surface area (Å²) < 4.78 is 16.3. The normalized spacial score (nSPS) is 14.9. The van der Waals surface area contributed by atoms with Crippen LogP contribution < -0.4 is 9.47 Å². The number of carbonyl (C=O) groups is 1. The first-order chi connectivity index (χ1) is 12.0. The highest BCUT2D eigenvalue weighted by Crippen LogP contribution is 2.33. The van der Waals surface area contributed by atoms with E-state index in [2.05, 4.69) is 0 Å². The topological polar surface area (TPSA) is 91.1 Å². The largest absolute Gasteiger partial charge is 0.493 e. The summed E-state index contributed by atoms with van der Waals surface area (Å²) in [4.78, 5) is 23.9. The highest BCUT2D eigenvalue weighted by Gasteiger charge is 2.26. The van der Waals surface area contributed by atoms with Gasteiger partial charge in [-0.1, -0.05) is 13.3 Å². The SMILES string of the molecule is CCCCOC(=O)N1CCC(Oc2ccc([N+](=O)[O-])cc2OC)CC1. The van der Waals surface area contributed by atoms with E-state index in [-0.39, 0.29) is 17.9 Å². The van der Waals surface area contributed by atoms with E-state index in [1.807, 2.05) is 6.92 Å². The van der Waals surface area contributed by atoms with E-state index >= 15 is 0 Å². The molecule has 25 heavy (non-hydrogen) atoms. The van der Waals surface area contributed by atoms with Crippen LogP contribution in [-0.4, -0.2) is 48.8 Å². The highest BCUT2D eigenvalue weighted by atomic mass is 16.6. The van der Waals surface area contributed by atoms with Crippen LogP contribution in [0.4, 0.5) is 10.5 Å². The quantitative estimate of drug-likeness (QED) is 0.424. The van der Waals surface area contributed by atoms with E-state index in [0.29, 0.717) is 44.0 Å². The molecule has 0 unspecified atom stereocenters. The van der Waals surface area contributed by atoms with Crippen molar-refractivity contribution in [1.29, 1.82) is 0 Å². The number of nitro groups is 1. The van der Waals surface area contributed by atoms with Gasteiger partial charge < -0.3 is 19.1 Å². The summed E-state index contributed by atoms with van der Waals surface area (Å²) in [5.74, 6) is 0.799. The predicted molar refractivity (Wildman–Crippen MR) is 91.1 cm³/mol. The fourth-order valence-corrected chi connectivity index (χ4v) is 2.60. The lowest BCUT2D eigenvalue weighted by atomic mass is 10.1. The molecule has 0 aliphatic carbocycles. The molecule has 0 spiro atoms. The molecule has 138 valence electrons. The van der Waals surface area contributed by atoms with Gasteiger partial charge in [0.1, 0.15) is 6.10 Å². The number of benzene rings is 1. The molecule has 1 aliphatic rings. The number of non-ortho nitro benzene ring substituents is 1. The maximum absolute atomic E-state index is 11.9. The van der Waals surface area contributed by atoms with Crippen LogP contribution in [0.25, 0.3) is 0 Å². The van der Waals surface area contributed by atoms with Gasteiger partial charge in [0, 0.05) is 32.0 Å². The van der Waals surface area contributed by atoms with Crippen molar-refractivity contribution in [1.82, 2.24) is 4.90 Å². The number of hydrogen-bond donors (Lipinski definition) is 0. The maximum atomic E-state index is 11.9. The Kier molecular flexibility index (Phi) is 6.85. The second kappa shape index (κ2) is 9.10. The van der Waals surface area contributed by atoms with Gasteiger partial charge in [-0.15, -0.1) is 0 Å². The maximum Gasteiger partial charge on any atom is 0.409 e. The van der Waals surface area contributed by atoms with Crippen molar-refractivity contribution in [2.75, 3.05) is 26.8 Å². The Morgan fingerprint density at radius 1 is 1.32 bits per heavy atom. The van der Waals surface area contributed by atoms with E-state index in [0.717, 1.165) is 12.8 Å². The van der Waals surface area contributed by atoms with Gasteiger partial charge in [0.15, 0.2) is 11.5 Å². The molecule has 2 rings (SSSR count). The Hall–Kier alpha value is -2.51. The van der Waals surface area contributed by atoms with E-state index < -0.39 is 4.92 Å². The van der Waals surface area contributed by atoms with Crippen molar-refractivity contribution < 1.29 is 23.9 Å². The molecule has 0 bridgehead atoms. The number of rotatable bonds is 7. The van der Waals surface area contributed by atoms with Gasteiger partial charge in [0.05, 0.1) is 24.7 Å². The lowest BCUT2D eigenvalue weighted by Crippen LogP contribution is -2.42. The number of methoxy groups -OCH3 is 1. The third-order valence-electron chi connectivity index (χ3n) is 4.08. The Bertz CT molecular complexity index is 599. The summed E-state index contributed by atoms with van der Waals surface area (Å²) in [5.41, 5.74) is -0.0474. The number of ether oxygens (including phenoxy) is 3.